The minimum absolute atomic E-state index is 0.0638. The van der Waals surface area contributed by atoms with E-state index in [0.29, 0.717) is 41.5 Å². The van der Waals surface area contributed by atoms with Crippen molar-refractivity contribution in [2.75, 3.05) is 41.8 Å². The quantitative estimate of drug-likeness (QED) is 0.585. The summed E-state index contributed by atoms with van der Waals surface area (Å²) in [5.74, 6) is 2.29. The number of hydrogen-bond acceptors (Lipinski definition) is 8. The number of hydrogen-bond donors (Lipinski definition) is 2. The van der Waals surface area contributed by atoms with Crippen LogP contribution >= 0.6 is 0 Å². The van der Waals surface area contributed by atoms with Crippen molar-refractivity contribution in [2.45, 2.75) is 78.1 Å². The highest BCUT2D eigenvalue weighted by Gasteiger charge is 2.44. The van der Waals surface area contributed by atoms with Gasteiger partial charge < -0.3 is 25.2 Å². The van der Waals surface area contributed by atoms with Crippen LogP contribution in [0.2, 0.25) is 0 Å². The fourth-order valence-electron chi connectivity index (χ4n) is 6.76. The Bertz CT molecular complexity index is 1320. The summed E-state index contributed by atoms with van der Waals surface area (Å²) in [6, 6.07) is 6.28. The predicted octanol–water partition coefficient (Wildman–Crippen LogP) is 3.80. The monoisotopic (exact) mass is 547 g/mol. The summed E-state index contributed by atoms with van der Waals surface area (Å²) in [7, 11) is 1.82. The molecule has 2 amide bonds. The van der Waals surface area contributed by atoms with Crippen molar-refractivity contribution in [1.29, 1.82) is 0 Å². The molecular formula is C30H41N7O3. The summed E-state index contributed by atoms with van der Waals surface area (Å²) >= 11 is 0. The predicted molar refractivity (Wildman–Crippen MR) is 155 cm³/mol. The fraction of sp³-hybridized carbons (Fsp3) is 0.600. The topological polar surface area (TPSA) is 103 Å². The lowest BCUT2D eigenvalue weighted by molar-refractivity contribution is -0.125. The third-order valence-electron chi connectivity index (χ3n) is 9.08. The van der Waals surface area contributed by atoms with Crippen molar-refractivity contribution < 1.29 is 14.3 Å². The highest BCUT2D eigenvalue weighted by molar-refractivity contribution is 6.01. The van der Waals surface area contributed by atoms with E-state index >= 15 is 0 Å². The zero-order valence-corrected chi connectivity index (χ0v) is 24.4. The van der Waals surface area contributed by atoms with Crippen LogP contribution in [0.4, 0.5) is 23.1 Å². The van der Waals surface area contributed by atoms with Gasteiger partial charge in [-0.15, -0.1) is 0 Å². The lowest BCUT2D eigenvalue weighted by Gasteiger charge is -2.45. The summed E-state index contributed by atoms with van der Waals surface area (Å²) in [6.07, 6.45) is 4.89. The van der Waals surface area contributed by atoms with Gasteiger partial charge in [-0.05, 0) is 78.0 Å². The van der Waals surface area contributed by atoms with Crippen LogP contribution in [-0.4, -0.2) is 77.6 Å². The summed E-state index contributed by atoms with van der Waals surface area (Å²) in [5, 5.41) is 6.55. The van der Waals surface area contributed by atoms with E-state index in [4.69, 9.17) is 9.72 Å². The molecule has 2 fully saturated rings. The molecular weight excluding hydrogens is 506 g/mol. The highest BCUT2D eigenvalue weighted by Crippen LogP contribution is 2.43. The number of carbonyl (C=O) groups excluding carboxylic acids is 2. The molecule has 3 atom stereocenters. The molecule has 10 heteroatoms. The van der Waals surface area contributed by atoms with Crippen molar-refractivity contribution in [3.63, 3.8) is 0 Å². The standard InChI is InChI=1S/C30H41N7O3/c1-17(2)40-25-12-20-8-10-23(25)33-29-31-13-24-26(34-29)37(16-30(4,5)28(39)35(24)6)22-9-7-19(11-22)18(3)36-14-21(15-36)32-27(20)38/h8,10,12-13,17-19,21-22H,7,9,11,14-16H2,1-6H3,(H,32,38)(H,31,33,34). The Labute approximate surface area is 236 Å². The minimum Gasteiger partial charge on any atom is -0.489 e. The lowest BCUT2D eigenvalue weighted by Crippen LogP contribution is -2.62. The molecule has 1 aromatic carbocycles. The SMILES string of the molecule is CC(C)Oc1cc2ccc1Nc1ncc3c(n1)N(CC(C)(C)C(=O)N3C)C1CCC(C1)C(C)N1CC(C1)NC2=O. The molecule has 2 N–H and O–H groups in total. The maximum absolute atomic E-state index is 13.5. The number of nitrogens with zero attached hydrogens (tertiary/aromatic N) is 5. The van der Waals surface area contributed by atoms with Crippen molar-refractivity contribution >= 4 is 35.0 Å². The van der Waals surface area contributed by atoms with Gasteiger partial charge in [-0.25, -0.2) is 4.98 Å². The second-order valence-corrected chi connectivity index (χ2v) is 12.9. The van der Waals surface area contributed by atoms with Crippen LogP contribution in [0.25, 0.3) is 0 Å². The molecule has 8 rings (SSSR count). The zero-order chi connectivity index (χ0) is 28.3. The van der Waals surface area contributed by atoms with Crippen LogP contribution in [0.1, 0.15) is 64.2 Å². The molecule has 1 aromatic heterocycles. The van der Waals surface area contributed by atoms with E-state index in [1.807, 2.05) is 40.8 Å². The van der Waals surface area contributed by atoms with Crippen molar-refractivity contribution in [3.8, 4) is 5.75 Å². The first-order chi connectivity index (χ1) is 19.0. The third-order valence-corrected chi connectivity index (χ3v) is 9.08. The van der Waals surface area contributed by atoms with Gasteiger partial charge in [-0.2, -0.15) is 4.98 Å². The van der Waals surface area contributed by atoms with Gasteiger partial charge >= 0.3 is 0 Å². The summed E-state index contributed by atoms with van der Waals surface area (Å²) in [4.78, 5) is 42.8. The molecule has 8 bridgehead atoms. The Kier molecular flexibility index (Phi) is 6.64. The highest BCUT2D eigenvalue weighted by atomic mass is 16.5. The van der Waals surface area contributed by atoms with Crippen LogP contribution in [0, 0.1) is 11.3 Å². The average molecular weight is 548 g/mol. The van der Waals surface area contributed by atoms with Gasteiger partial charge in [-0.1, -0.05) is 0 Å². The van der Waals surface area contributed by atoms with Crippen LogP contribution in [-0.2, 0) is 4.79 Å². The first-order valence-corrected chi connectivity index (χ1v) is 14.5. The second-order valence-electron chi connectivity index (χ2n) is 12.9. The van der Waals surface area contributed by atoms with E-state index in [9.17, 15) is 9.59 Å². The number of rotatable bonds is 2. The molecule has 5 aliphatic heterocycles. The van der Waals surface area contributed by atoms with Crippen molar-refractivity contribution in [3.05, 3.63) is 30.0 Å². The van der Waals surface area contributed by atoms with Gasteiger partial charge in [0.05, 0.1) is 29.4 Å². The smallest absolute Gasteiger partial charge is 0.251 e. The summed E-state index contributed by atoms with van der Waals surface area (Å²) in [5.41, 5.74) is 1.40. The van der Waals surface area contributed by atoms with E-state index < -0.39 is 5.41 Å². The van der Waals surface area contributed by atoms with Crippen LogP contribution in [0.5, 0.6) is 5.75 Å². The number of amides is 2. The van der Waals surface area contributed by atoms with E-state index in [1.54, 1.807) is 23.2 Å². The Morgan fingerprint density at radius 2 is 1.93 bits per heavy atom. The number of aromatic nitrogens is 2. The molecule has 214 valence electrons. The molecule has 0 radical (unpaired) electrons. The molecule has 6 heterocycles. The van der Waals surface area contributed by atoms with Gasteiger partial charge in [0.25, 0.3) is 5.91 Å². The molecule has 0 spiro atoms. The fourth-order valence-corrected chi connectivity index (χ4v) is 6.76. The molecule has 3 unspecified atom stereocenters. The normalized spacial score (nSPS) is 29.2. The largest absolute Gasteiger partial charge is 0.489 e. The number of benzene rings is 1. The Balaban J connectivity index is 1.45. The third kappa shape index (κ3) is 4.76. The van der Waals surface area contributed by atoms with Gasteiger partial charge in [0.2, 0.25) is 11.9 Å². The Hall–Kier alpha value is -3.40. The Morgan fingerprint density at radius 3 is 2.67 bits per heavy atom. The maximum Gasteiger partial charge on any atom is 0.251 e. The van der Waals surface area contributed by atoms with Crippen LogP contribution < -0.4 is 25.2 Å². The molecule has 10 nitrogen and oxygen atoms in total. The number of anilines is 4. The molecule has 6 aliphatic rings. The summed E-state index contributed by atoms with van der Waals surface area (Å²) < 4.78 is 6.12. The average Bonchev–Trinajstić information content (AvgIpc) is 3.36. The summed E-state index contributed by atoms with van der Waals surface area (Å²) in [6.45, 7) is 12.6. The van der Waals surface area contributed by atoms with Crippen LogP contribution in [0.15, 0.2) is 24.4 Å². The lowest BCUT2D eigenvalue weighted by atomic mass is 9.90. The first-order valence-electron chi connectivity index (χ1n) is 14.5. The van der Waals surface area contributed by atoms with Crippen molar-refractivity contribution in [1.82, 2.24) is 20.2 Å². The molecule has 1 aliphatic carbocycles. The maximum atomic E-state index is 13.5. The van der Waals surface area contributed by atoms with Gasteiger partial charge in [0.1, 0.15) is 11.4 Å². The van der Waals surface area contributed by atoms with Crippen molar-refractivity contribution in [2.24, 2.45) is 11.3 Å². The van der Waals surface area contributed by atoms with E-state index in [-0.39, 0.29) is 30.0 Å². The zero-order valence-electron chi connectivity index (χ0n) is 24.4. The second kappa shape index (κ2) is 9.90. The molecule has 2 aromatic rings. The Morgan fingerprint density at radius 1 is 1.15 bits per heavy atom. The van der Waals surface area contributed by atoms with Gasteiger partial charge in [-0.3, -0.25) is 14.5 Å². The molecule has 1 saturated carbocycles. The number of ether oxygens (including phenoxy) is 1. The van der Waals surface area contributed by atoms with Crippen LogP contribution in [0.3, 0.4) is 0 Å². The minimum atomic E-state index is -0.569. The first kappa shape index (κ1) is 26.8. The van der Waals surface area contributed by atoms with Gasteiger partial charge in [0, 0.05) is 44.3 Å². The van der Waals surface area contributed by atoms with E-state index in [2.05, 4.69) is 32.3 Å². The van der Waals surface area contributed by atoms with E-state index in [1.165, 1.54) is 0 Å². The number of nitrogens with one attached hydrogen (secondary N) is 2. The number of fused-ring (bicyclic) bond motifs is 1. The molecule has 1 saturated heterocycles. The van der Waals surface area contributed by atoms with E-state index in [0.717, 1.165) is 43.9 Å². The van der Waals surface area contributed by atoms with Gasteiger partial charge in [0.15, 0.2) is 5.82 Å². The molecule has 40 heavy (non-hydrogen) atoms. The number of carbonyl (C=O) groups is 2.